The number of rotatable bonds is 3. The summed E-state index contributed by atoms with van der Waals surface area (Å²) in [5.74, 6) is -0.337. The summed E-state index contributed by atoms with van der Waals surface area (Å²) in [5, 5.41) is 17.2. The lowest BCUT2D eigenvalue weighted by molar-refractivity contribution is 0.0794. The number of nitrogens with zero attached hydrogens (tertiary/aromatic N) is 3. The van der Waals surface area contributed by atoms with Gasteiger partial charge in [0.15, 0.2) is 0 Å². The minimum atomic E-state index is -0.337. The molecule has 0 saturated carbocycles. The Bertz CT molecular complexity index is 494. The molecule has 1 amide bonds. The molecule has 0 aromatic heterocycles. The molecule has 2 N–H and O–H groups in total. The van der Waals surface area contributed by atoms with Crippen molar-refractivity contribution in [3.8, 4) is 12.1 Å². The highest BCUT2D eigenvalue weighted by molar-refractivity contribution is 5.95. The Morgan fingerprint density at radius 3 is 2.41 bits per heavy atom. The van der Waals surface area contributed by atoms with Crippen LogP contribution in [0.15, 0.2) is 18.2 Å². The zero-order valence-corrected chi connectivity index (χ0v) is 9.47. The summed E-state index contributed by atoms with van der Waals surface area (Å²) in [4.78, 5) is 13.2. The van der Waals surface area contributed by atoms with Gasteiger partial charge >= 0.3 is 0 Å². The van der Waals surface area contributed by atoms with Gasteiger partial charge < -0.3 is 10.6 Å². The number of anilines is 1. The molecule has 5 nitrogen and oxygen atoms in total. The van der Waals surface area contributed by atoms with Crippen LogP contribution in [0.2, 0.25) is 0 Å². The summed E-state index contributed by atoms with van der Waals surface area (Å²) in [6.45, 7) is 1.59. The molecular formula is C12H12N4O. The topological polar surface area (TPSA) is 93.9 Å². The highest BCUT2D eigenvalue weighted by atomic mass is 16.2. The molecule has 0 aliphatic carbocycles. The number of hydrogen-bond acceptors (Lipinski definition) is 4. The van der Waals surface area contributed by atoms with Crippen molar-refractivity contribution < 1.29 is 4.79 Å². The van der Waals surface area contributed by atoms with Crippen molar-refractivity contribution in [3.05, 3.63) is 29.3 Å². The van der Waals surface area contributed by atoms with E-state index in [1.807, 2.05) is 12.1 Å². The molecule has 1 rings (SSSR count). The van der Waals surface area contributed by atoms with Crippen LogP contribution in [0.4, 0.5) is 5.69 Å². The monoisotopic (exact) mass is 228 g/mol. The van der Waals surface area contributed by atoms with Gasteiger partial charge in [-0.3, -0.25) is 4.79 Å². The molecule has 0 atom stereocenters. The van der Waals surface area contributed by atoms with Crippen LogP contribution < -0.4 is 5.73 Å². The van der Waals surface area contributed by atoms with Crippen molar-refractivity contribution in [1.82, 2.24) is 4.90 Å². The Morgan fingerprint density at radius 2 is 1.94 bits per heavy atom. The molecular weight excluding hydrogens is 216 g/mol. The molecule has 0 heterocycles. The van der Waals surface area contributed by atoms with E-state index < -0.39 is 0 Å². The van der Waals surface area contributed by atoms with Crippen LogP contribution >= 0.6 is 0 Å². The first kappa shape index (κ1) is 12.5. The minimum absolute atomic E-state index is 0.101. The van der Waals surface area contributed by atoms with Crippen molar-refractivity contribution in [2.75, 3.05) is 18.8 Å². The number of nitrogens with two attached hydrogens (primary N) is 1. The smallest absolute Gasteiger partial charge is 0.255 e. The van der Waals surface area contributed by atoms with Crippen LogP contribution in [0.3, 0.4) is 0 Å². The number of carbonyl (C=O) groups excluding carboxylic acids is 1. The van der Waals surface area contributed by atoms with Gasteiger partial charge in [0.2, 0.25) is 0 Å². The second-order valence-electron chi connectivity index (χ2n) is 3.55. The van der Waals surface area contributed by atoms with Crippen LogP contribution in [0, 0.1) is 29.6 Å². The van der Waals surface area contributed by atoms with Crippen molar-refractivity contribution >= 4 is 11.6 Å². The number of benzene rings is 1. The molecule has 0 bridgehead atoms. The van der Waals surface area contributed by atoms with Crippen molar-refractivity contribution in [2.24, 2.45) is 0 Å². The maximum atomic E-state index is 12.0. The standard InChI is InChI=1S/C12H12N4O/c1-9-8-10(2-3-11(9)15)12(17)16(6-4-13)7-5-14/h2-3,8H,6-7,15H2,1H3. The quantitative estimate of drug-likeness (QED) is 0.618. The molecule has 5 heteroatoms. The molecule has 0 aliphatic rings. The number of nitrogen functional groups attached to an aromatic ring is 1. The summed E-state index contributed by atoms with van der Waals surface area (Å²) in [6, 6.07) is 8.60. The average molecular weight is 228 g/mol. The van der Waals surface area contributed by atoms with Crippen LogP contribution in [-0.4, -0.2) is 23.9 Å². The van der Waals surface area contributed by atoms with Gasteiger partial charge in [0.05, 0.1) is 12.1 Å². The fourth-order valence-corrected chi connectivity index (χ4v) is 1.36. The van der Waals surface area contributed by atoms with E-state index in [1.54, 1.807) is 25.1 Å². The lowest BCUT2D eigenvalue weighted by Gasteiger charge is -2.16. The van der Waals surface area contributed by atoms with Crippen LogP contribution in [0.5, 0.6) is 0 Å². The third-order valence-electron chi connectivity index (χ3n) is 2.33. The molecule has 0 unspecified atom stereocenters. The molecule has 86 valence electrons. The molecule has 17 heavy (non-hydrogen) atoms. The van der Waals surface area contributed by atoms with E-state index in [-0.39, 0.29) is 19.0 Å². The predicted molar refractivity (Wildman–Crippen MR) is 62.7 cm³/mol. The Balaban J connectivity index is 2.98. The Hall–Kier alpha value is -2.53. The Kier molecular flexibility index (Phi) is 4.08. The number of aryl methyl sites for hydroxylation is 1. The van der Waals surface area contributed by atoms with Crippen molar-refractivity contribution in [3.63, 3.8) is 0 Å². The summed E-state index contributed by atoms with van der Waals surface area (Å²) in [6.07, 6.45) is 0. The van der Waals surface area contributed by atoms with Crippen LogP contribution in [-0.2, 0) is 0 Å². The molecule has 1 aromatic rings. The van der Waals surface area contributed by atoms with E-state index in [9.17, 15) is 4.79 Å². The molecule has 0 radical (unpaired) electrons. The number of amides is 1. The van der Waals surface area contributed by atoms with E-state index in [0.717, 1.165) is 5.56 Å². The maximum absolute atomic E-state index is 12.0. The number of hydrogen-bond donors (Lipinski definition) is 1. The first-order chi connectivity index (χ1) is 8.10. The highest BCUT2D eigenvalue weighted by Gasteiger charge is 2.15. The van der Waals surface area contributed by atoms with Gasteiger partial charge in [0.25, 0.3) is 5.91 Å². The summed E-state index contributed by atoms with van der Waals surface area (Å²) < 4.78 is 0. The second kappa shape index (κ2) is 5.53. The van der Waals surface area contributed by atoms with Gasteiger partial charge in [0, 0.05) is 11.3 Å². The lowest BCUT2D eigenvalue weighted by atomic mass is 10.1. The second-order valence-corrected chi connectivity index (χ2v) is 3.55. The van der Waals surface area contributed by atoms with Crippen LogP contribution in [0.1, 0.15) is 15.9 Å². The highest BCUT2D eigenvalue weighted by Crippen LogP contribution is 2.14. The molecule has 0 spiro atoms. The fourth-order valence-electron chi connectivity index (χ4n) is 1.36. The van der Waals surface area contributed by atoms with Gasteiger partial charge in [-0.05, 0) is 30.7 Å². The van der Waals surface area contributed by atoms with Gasteiger partial charge in [-0.1, -0.05) is 0 Å². The Labute approximate surface area is 99.7 Å². The normalized spacial score (nSPS) is 9.12. The summed E-state index contributed by atoms with van der Waals surface area (Å²) >= 11 is 0. The van der Waals surface area contributed by atoms with E-state index in [4.69, 9.17) is 16.3 Å². The molecule has 0 fully saturated rings. The van der Waals surface area contributed by atoms with Crippen molar-refractivity contribution in [2.45, 2.75) is 6.92 Å². The van der Waals surface area contributed by atoms with Gasteiger partial charge in [0.1, 0.15) is 13.1 Å². The lowest BCUT2D eigenvalue weighted by Crippen LogP contribution is -2.31. The van der Waals surface area contributed by atoms with E-state index in [2.05, 4.69) is 0 Å². The minimum Gasteiger partial charge on any atom is -0.399 e. The zero-order valence-electron chi connectivity index (χ0n) is 9.47. The van der Waals surface area contributed by atoms with Crippen LogP contribution in [0.25, 0.3) is 0 Å². The third kappa shape index (κ3) is 2.96. The zero-order chi connectivity index (χ0) is 12.8. The number of nitriles is 2. The molecule has 0 saturated heterocycles. The SMILES string of the molecule is Cc1cc(C(=O)N(CC#N)CC#N)ccc1N. The van der Waals surface area contributed by atoms with Gasteiger partial charge in [-0.25, -0.2) is 0 Å². The van der Waals surface area contributed by atoms with Gasteiger partial charge in [-0.2, -0.15) is 10.5 Å². The number of carbonyl (C=O) groups is 1. The maximum Gasteiger partial charge on any atom is 0.255 e. The van der Waals surface area contributed by atoms with Crippen molar-refractivity contribution in [1.29, 1.82) is 10.5 Å². The summed E-state index contributed by atoms with van der Waals surface area (Å²) in [7, 11) is 0. The fraction of sp³-hybridized carbons (Fsp3) is 0.250. The third-order valence-corrected chi connectivity index (χ3v) is 2.33. The largest absolute Gasteiger partial charge is 0.399 e. The predicted octanol–water partition coefficient (Wildman–Crippen LogP) is 1.07. The average Bonchev–Trinajstić information content (AvgIpc) is 2.31. The Morgan fingerprint density at radius 1 is 1.35 bits per heavy atom. The molecule has 0 aliphatic heterocycles. The first-order valence-corrected chi connectivity index (χ1v) is 4.99. The van der Waals surface area contributed by atoms with E-state index in [0.29, 0.717) is 11.3 Å². The molecule has 1 aromatic carbocycles. The summed E-state index contributed by atoms with van der Waals surface area (Å²) in [5.41, 5.74) is 7.49. The van der Waals surface area contributed by atoms with E-state index >= 15 is 0 Å². The van der Waals surface area contributed by atoms with Gasteiger partial charge in [-0.15, -0.1) is 0 Å². The van der Waals surface area contributed by atoms with E-state index in [1.165, 1.54) is 4.90 Å². The first-order valence-electron chi connectivity index (χ1n) is 4.99.